The van der Waals surface area contributed by atoms with Crippen LogP contribution in [0, 0.1) is 4.77 Å². The van der Waals surface area contributed by atoms with E-state index in [1.165, 1.54) is 11.0 Å². The lowest BCUT2D eigenvalue weighted by Gasteiger charge is -2.19. The summed E-state index contributed by atoms with van der Waals surface area (Å²) in [6, 6.07) is 3.57. The van der Waals surface area contributed by atoms with E-state index in [0.29, 0.717) is 34.5 Å². The number of hydrogen-bond donors (Lipinski definition) is 1. The van der Waals surface area contributed by atoms with Crippen molar-refractivity contribution in [3.05, 3.63) is 33.8 Å². The monoisotopic (exact) mass is 296 g/mol. The smallest absolute Gasteiger partial charge is 0.216 e. The van der Waals surface area contributed by atoms with Crippen LogP contribution in [0.1, 0.15) is 5.56 Å². The Labute approximate surface area is 118 Å². The Morgan fingerprint density at radius 3 is 3.05 bits per heavy atom. The van der Waals surface area contributed by atoms with Gasteiger partial charge in [0.2, 0.25) is 4.77 Å². The summed E-state index contributed by atoms with van der Waals surface area (Å²) < 4.78 is 12.8. The molecule has 98 valence electrons. The van der Waals surface area contributed by atoms with E-state index in [-0.39, 0.29) is 0 Å². The first kappa shape index (κ1) is 12.2. The predicted molar refractivity (Wildman–Crippen MR) is 72.8 cm³/mol. The van der Waals surface area contributed by atoms with Gasteiger partial charge >= 0.3 is 0 Å². The van der Waals surface area contributed by atoms with Gasteiger partial charge in [0, 0.05) is 0 Å². The van der Waals surface area contributed by atoms with Crippen LogP contribution in [0.2, 0.25) is 5.02 Å². The summed E-state index contributed by atoms with van der Waals surface area (Å²) in [5.74, 6) is 1.20. The van der Waals surface area contributed by atoms with Crippen LogP contribution < -0.4 is 9.47 Å². The van der Waals surface area contributed by atoms with Crippen LogP contribution in [0.5, 0.6) is 11.5 Å². The highest BCUT2D eigenvalue weighted by atomic mass is 35.5. The zero-order valence-electron chi connectivity index (χ0n) is 9.67. The Bertz CT molecular complexity index is 694. The normalized spacial score (nSPS) is 13.9. The van der Waals surface area contributed by atoms with E-state index < -0.39 is 0 Å². The van der Waals surface area contributed by atoms with Crippen LogP contribution in [0.4, 0.5) is 0 Å². The zero-order valence-corrected chi connectivity index (χ0v) is 11.2. The van der Waals surface area contributed by atoms with Gasteiger partial charge in [-0.15, -0.1) is 0 Å². The van der Waals surface area contributed by atoms with E-state index in [0.717, 1.165) is 5.56 Å². The summed E-state index contributed by atoms with van der Waals surface area (Å²) in [6.45, 7) is 1.01. The predicted octanol–water partition coefficient (Wildman–Crippen LogP) is 2.25. The first-order valence-corrected chi connectivity index (χ1v) is 6.28. The van der Waals surface area contributed by atoms with E-state index >= 15 is 0 Å². The third kappa shape index (κ3) is 2.47. The minimum Gasteiger partial charge on any atom is -0.486 e. The average molecular weight is 297 g/mol. The van der Waals surface area contributed by atoms with Crippen LogP contribution in [0.25, 0.3) is 0 Å². The van der Waals surface area contributed by atoms with Crippen molar-refractivity contribution in [1.82, 2.24) is 14.9 Å². The van der Waals surface area contributed by atoms with Gasteiger partial charge < -0.3 is 9.47 Å². The molecule has 0 amide bonds. The lowest BCUT2D eigenvalue weighted by Crippen LogP contribution is -2.15. The van der Waals surface area contributed by atoms with Gasteiger partial charge in [-0.3, -0.25) is 5.10 Å². The van der Waals surface area contributed by atoms with Crippen LogP contribution in [0.3, 0.4) is 0 Å². The van der Waals surface area contributed by atoms with E-state index in [4.69, 9.17) is 33.3 Å². The lowest BCUT2D eigenvalue weighted by atomic mass is 10.2. The molecule has 8 heteroatoms. The number of benzene rings is 1. The van der Waals surface area contributed by atoms with Crippen molar-refractivity contribution in [3.8, 4) is 11.5 Å². The SMILES string of the molecule is S=c1[nH]ncn1/N=C\c1cc(Cl)c2c(c1)OCCO2. The number of H-pyrrole nitrogens is 1. The zero-order chi connectivity index (χ0) is 13.2. The van der Waals surface area contributed by atoms with Crippen molar-refractivity contribution in [1.29, 1.82) is 0 Å². The Kier molecular flexibility index (Phi) is 3.22. The number of aromatic nitrogens is 3. The number of ether oxygens (including phenoxy) is 2. The summed E-state index contributed by atoms with van der Waals surface area (Å²) in [4.78, 5) is 0. The molecule has 0 radical (unpaired) electrons. The fraction of sp³-hybridized carbons (Fsp3) is 0.182. The first-order chi connectivity index (χ1) is 9.24. The van der Waals surface area contributed by atoms with Crippen LogP contribution in [0.15, 0.2) is 23.6 Å². The molecular formula is C11H9ClN4O2S. The topological polar surface area (TPSA) is 64.4 Å². The van der Waals surface area contributed by atoms with E-state index in [2.05, 4.69) is 15.3 Å². The van der Waals surface area contributed by atoms with Crippen molar-refractivity contribution in [2.45, 2.75) is 0 Å². The first-order valence-electron chi connectivity index (χ1n) is 5.49. The molecule has 1 N–H and O–H groups in total. The molecule has 0 saturated heterocycles. The number of halogens is 1. The molecule has 0 bridgehead atoms. The highest BCUT2D eigenvalue weighted by Gasteiger charge is 2.15. The summed E-state index contributed by atoms with van der Waals surface area (Å²) >= 11 is 11.1. The fourth-order valence-electron chi connectivity index (χ4n) is 1.66. The molecule has 1 aliphatic rings. The standard InChI is InChI=1S/C11H9ClN4O2S/c12-8-3-7(4-9-10(8)18-2-1-17-9)5-14-16-6-13-15-11(16)19/h3-6H,1-2H2,(H,15,19)/b14-5-. The molecule has 0 spiro atoms. The molecule has 0 fully saturated rings. The van der Waals surface area contributed by atoms with Crippen LogP contribution >= 0.6 is 23.8 Å². The van der Waals surface area contributed by atoms with Gasteiger partial charge in [-0.05, 0) is 29.9 Å². The molecule has 0 atom stereocenters. The second-order valence-corrected chi connectivity index (χ2v) is 4.57. The molecule has 1 aromatic heterocycles. The van der Waals surface area contributed by atoms with Crippen molar-refractivity contribution >= 4 is 30.0 Å². The summed E-state index contributed by atoms with van der Waals surface area (Å²) in [5, 5.41) is 11.0. The van der Waals surface area contributed by atoms with Crippen molar-refractivity contribution in [2.75, 3.05) is 13.2 Å². The average Bonchev–Trinajstić information content (AvgIpc) is 2.82. The van der Waals surface area contributed by atoms with E-state index in [9.17, 15) is 0 Å². The molecule has 19 heavy (non-hydrogen) atoms. The van der Waals surface area contributed by atoms with Crippen molar-refractivity contribution in [3.63, 3.8) is 0 Å². The summed E-state index contributed by atoms with van der Waals surface area (Å²) in [7, 11) is 0. The van der Waals surface area contributed by atoms with Gasteiger partial charge in [-0.25, -0.2) is 0 Å². The number of nitrogens with zero attached hydrogens (tertiary/aromatic N) is 3. The van der Waals surface area contributed by atoms with Gasteiger partial charge in [0.25, 0.3) is 0 Å². The number of nitrogens with one attached hydrogen (secondary N) is 1. The maximum absolute atomic E-state index is 6.13. The number of rotatable bonds is 2. The second-order valence-electron chi connectivity index (χ2n) is 3.78. The third-order valence-corrected chi connectivity index (χ3v) is 3.04. The highest BCUT2D eigenvalue weighted by Crippen LogP contribution is 2.37. The van der Waals surface area contributed by atoms with E-state index in [1.54, 1.807) is 12.3 Å². The Morgan fingerprint density at radius 2 is 2.26 bits per heavy atom. The van der Waals surface area contributed by atoms with Crippen molar-refractivity contribution < 1.29 is 9.47 Å². The molecule has 0 unspecified atom stereocenters. The maximum atomic E-state index is 6.13. The van der Waals surface area contributed by atoms with Crippen molar-refractivity contribution in [2.24, 2.45) is 5.10 Å². The van der Waals surface area contributed by atoms with Gasteiger partial charge in [-0.1, -0.05) is 11.6 Å². The Balaban J connectivity index is 1.94. The quantitative estimate of drug-likeness (QED) is 0.682. The molecule has 1 aromatic carbocycles. The van der Waals surface area contributed by atoms with Gasteiger partial charge in [0.05, 0.1) is 11.2 Å². The largest absolute Gasteiger partial charge is 0.486 e. The third-order valence-electron chi connectivity index (χ3n) is 2.49. The molecule has 0 aliphatic carbocycles. The number of fused-ring (bicyclic) bond motifs is 1. The minimum atomic E-state index is 0.417. The van der Waals surface area contributed by atoms with Crippen LogP contribution in [-0.2, 0) is 0 Å². The van der Waals surface area contributed by atoms with E-state index in [1.807, 2.05) is 6.07 Å². The molecule has 6 nitrogen and oxygen atoms in total. The summed E-state index contributed by atoms with van der Waals surface area (Å²) in [5.41, 5.74) is 0.789. The Morgan fingerprint density at radius 1 is 1.42 bits per heavy atom. The fourth-order valence-corrected chi connectivity index (χ4v) is 2.08. The van der Waals surface area contributed by atoms with Crippen LogP contribution in [-0.4, -0.2) is 34.3 Å². The van der Waals surface area contributed by atoms with Gasteiger partial charge in [0.1, 0.15) is 19.5 Å². The molecule has 3 rings (SSSR count). The molecule has 0 saturated carbocycles. The molecule has 1 aliphatic heterocycles. The highest BCUT2D eigenvalue weighted by molar-refractivity contribution is 7.71. The second kappa shape index (κ2) is 5.02. The van der Waals surface area contributed by atoms with Gasteiger partial charge in [-0.2, -0.15) is 14.9 Å². The molecule has 2 aromatic rings. The number of aromatic amines is 1. The Hall–Kier alpha value is -1.86. The molecule has 2 heterocycles. The lowest BCUT2D eigenvalue weighted by molar-refractivity contribution is 0.171. The minimum absolute atomic E-state index is 0.417. The summed E-state index contributed by atoms with van der Waals surface area (Å²) in [6.07, 6.45) is 3.11. The number of hydrogen-bond acceptors (Lipinski definition) is 5. The maximum Gasteiger partial charge on any atom is 0.216 e. The van der Waals surface area contributed by atoms with Gasteiger partial charge in [0.15, 0.2) is 11.5 Å². The molecular weight excluding hydrogens is 288 g/mol.